The Kier molecular flexibility index (Phi) is 3.82. The average Bonchev–Trinajstić information content (AvgIpc) is 1.98. The molecular formula is C12H21O2. The molecule has 0 amide bonds. The zero-order valence-corrected chi connectivity index (χ0v) is 8.91. The van der Waals surface area contributed by atoms with Crippen molar-refractivity contribution in [2.24, 2.45) is 11.8 Å². The monoisotopic (exact) mass is 197 g/mol. The number of ether oxygens (including phenoxy) is 2. The van der Waals surface area contributed by atoms with Gasteiger partial charge in [0.25, 0.3) is 0 Å². The van der Waals surface area contributed by atoms with Crippen LogP contribution in [0.25, 0.3) is 0 Å². The summed E-state index contributed by atoms with van der Waals surface area (Å²) >= 11 is 0. The molecule has 2 heteroatoms. The Labute approximate surface area is 87.0 Å². The highest BCUT2D eigenvalue weighted by molar-refractivity contribution is 4.70. The summed E-state index contributed by atoms with van der Waals surface area (Å²) in [5.74, 6) is 1.57. The first kappa shape index (κ1) is 10.4. The Morgan fingerprint density at radius 2 is 1.36 bits per heavy atom. The van der Waals surface area contributed by atoms with Gasteiger partial charge in [-0.1, -0.05) is 12.8 Å². The Balaban J connectivity index is 1.47. The molecule has 81 valence electrons. The molecule has 0 unspecified atom stereocenters. The molecule has 0 bridgehead atoms. The lowest BCUT2D eigenvalue weighted by molar-refractivity contribution is -0.139. The summed E-state index contributed by atoms with van der Waals surface area (Å²) in [6, 6.07) is 0. The molecule has 0 N–H and O–H groups in total. The average molecular weight is 197 g/mol. The third-order valence-electron chi connectivity index (χ3n) is 3.49. The van der Waals surface area contributed by atoms with Gasteiger partial charge in [0.1, 0.15) is 0 Å². The van der Waals surface area contributed by atoms with E-state index in [4.69, 9.17) is 9.47 Å². The third kappa shape index (κ3) is 2.96. The molecular weight excluding hydrogens is 176 g/mol. The molecule has 2 nitrogen and oxygen atoms in total. The van der Waals surface area contributed by atoms with Crippen LogP contribution < -0.4 is 0 Å². The molecule has 0 aromatic carbocycles. The molecule has 0 heterocycles. The number of hydrogen-bond donors (Lipinski definition) is 0. The van der Waals surface area contributed by atoms with Gasteiger partial charge in [0.05, 0.1) is 13.2 Å². The predicted octanol–water partition coefficient (Wildman–Crippen LogP) is 2.78. The fourth-order valence-electron chi connectivity index (χ4n) is 1.85. The zero-order valence-electron chi connectivity index (χ0n) is 8.91. The second-order valence-electron chi connectivity index (χ2n) is 4.69. The fraction of sp³-hybridized carbons (Fsp3) is 0.917. The van der Waals surface area contributed by atoms with E-state index in [2.05, 4.69) is 6.92 Å². The molecule has 2 rings (SSSR count). The summed E-state index contributed by atoms with van der Waals surface area (Å²) < 4.78 is 11.1. The maximum atomic E-state index is 5.53. The Morgan fingerprint density at radius 3 is 1.64 bits per heavy atom. The highest BCUT2D eigenvalue weighted by atomic mass is 16.7. The lowest BCUT2D eigenvalue weighted by Gasteiger charge is -2.29. The maximum Gasteiger partial charge on any atom is 0.157 e. The second kappa shape index (κ2) is 5.13. The van der Waals surface area contributed by atoms with E-state index < -0.39 is 0 Å². The first-order chi connectivity index (χ1) is 6.84. The molecule has 0 saturated heterocycles. The maximum absolute atomic E-state index is 5.53. The minimum Gasteiger partial charge on any atom is -0.352 e. The summed E-state index contributed by atoms with van der Waals surface area (Å²) in [4.78, 5) is 0. The van der Waals surface area contributed by atoms with E-state index >= 15 is 0 Å². The van der Waals surface area contributed by atoms with Crippen LogP contribution in [0.2, 0.25) is 0 Å². The van der Waals surface area contributed by atoms with Crippen molar-refractivity contribution in [3.8, 4) is 0 Å². The first-order valence-electron chi connectivity index (χ1n) is 5.91. The number of hydrogen-bond acceptors (Lipinski definition) is 2. The molecule has 0 spiro atoms. The van der Waals surface area contributed by atoms with Crippen LogP contribution in [0.5, 0.6) is 0 Å². The summed E-state index contributed by atoms with van der Waals surface area (Å²) in [5, 5.41) is 0. The van der Waals surface area contributed by atoms with Crippen LogP contribution in [0.4, 0.5) is 0 Å². The SMILES string of the molecule is [CH2]C(OCC1CCC1)OCC1CCC1. The molecule has 2 saturated carbocycles. The van der Waals surface area contributed by atoms with E-state index in [1.165, 1.54) is 38.5 Å². The van der Waals surface area contributed by atoms with E-state index in [0.717, 1.165) is 25.0 Å². The summed E-state index contributed by atoms with van der Waals surface area (Å²) in [5.41, 5.74) is 0. The van der Waals surface area contributed by atoms with Gasteiger partial charge in [-0.3, -0.25) is 0 Å². The Hall–Kier alpha value is -0.0800. The molecule has 1 radical (unpaired) electrons. The van der Waals surface area contributed by atoms with Gasteiger partial charge in [0, 0.05) is 6.92 Å². The van der Waals surface area contributed by atoms with Crippen molar-refractivity contribution in [3.05, 3.63) is 6.92 Å². The largest absolute Gasteiger partial charge is 0.352 e. The van der Waals surface area contributed by atoms with E-state index in [-0.39, 0.29) is 6.29 Å². The molecule has 2 aliphatic rings. The van der Waals surface area contributed by atoms with Gasteiger partial charge >= 0.3 is 0 Å². The lowest BCUT2D eigenvalue weighted by Crippen LogP contribution is -2.26. The standard InChI is InChI=1S/C12H21O2/c1-10(13-8-11-4-2-5-11)14-9-12-6-3-7-12/h10-12H,1-9H2. The third-order valence-corrected chi connectivity index (χ3v) is 3.49. The van der Waals surface area contributed by atoms with Crippen LogP contribution in [0.15, 0.2) is 0 Å². The van der Waals surface area contributed by atoms with Crippen LogP contribution >= 0.6 is 0 Å². The van der Waals surface area contributed by atoms with Gasteiger partial charge in [-0.15, -0.1) is 0 Å². The van der Waals surface area contributed by atoms with Crippen molar-refractivity contribution in [3.63, 3.8) is 0 Å². The van der Waals surface area contributed by atoms with Crippen LogP contribution in [0.1, 0.15) is 38.5 Å². The normalized spacial score (nSPS) is 23.6. The van der Waals surface area contributed by atoms with Crippen LogP contribution in [-0.4, -0.2) is 19.5 Å². The summed E-state index contributed by atoms with van der Waals surface area (Å²) in [6.07, 6.45) is 7.82. The van der Waals surface area contributed by atoms with Gasteiger partial charge < -0.3 is 9.47 Å². The van der Waals surface area contributed by atoms with Crippen molar-refractivity contribution >= 4 is 0 Å². The smallest absolute Gasteiger partial charge is 0.157 e. The minimum atomic E-state index is -0.240. The molecule has 0 aromatic rings. The molecule has 2 fully saturated rings. The van der Waals surface area contributed by atoms with E-state index in [0.29, 0.717) is 0 Å². The van der Waals surface area contributed by atoms with Crippen LogP contribution in [0.3, 0.4) is 0 Å². The minimum absolute atomic E-state index is 0.240. The van der Waals surface area contributed by atoms with Gasteiger partial charge in [-0.25, -0.2) is 0 Å². The zero-order chi connectivity index (χ0) is 9.80. The Morgan fingerprint density at radius 1 is 0.929 bits per heavy atom. The topological polar surface area (TPSA) is 18.5 Å². The van der Waals surface area contributed by atoms with Gasteiger partial charge in [0.15, 0.2) is 6.29 Å². The highest BCUT2D eigenvalue weighted by Crippen LogP contribution is 2.28. The van der Waals surface area contributed by atoms with Crippen molar-refractivity contribution in [1.82, 2.24) is 0 Å². The quantitative estimate of drug-likeness (QED) is 0.610. The molecule has 0 aliphatic heterocycles. The summed E-state index contributed by atoms with van der Waals surface area (Å²) in [7, 11) is 0. The van der Waals surface area contributed by atoms with Gasteiger partial charge in [0.2, 0.25) is 0 Å². The molecule has 0 atom stereocenters. The second-order valence-corrected chi connectivity index (χ2v) is 4.69. The molecule has 14 heavy (non-hydrogen) atoms. The lowest BCUT2D eigenvalue weighted by atomic mass is 9.86. The fourth-order valence-corrected chi connectivity index (χ4v) is 1.85. The van der Waals surface area contributed by atoms with Crippen molar-refractivity contribution in [1.29, 1.82) is 0 Å². The van der Waals surface area contributed by atoms with Crippen molar-refractivity contribution < 1.29 is 9.47 Å². The van der Waals surface area contributed by atoms with Gasteiger partial charge in [-0.05, 0) is 37.5 Å². The molecule has 2 aliphatic carbocycles. The highest BCUT2D eigenvalue weighted by Gasteiger charge is 2.20. The number of rotatable bonds is 6. The first-order valence-corrected chi connectivity index (χ1v) is 5.91. The van der Waals surface area contributed by atoms with Gasteiger partial charge in [-0.2, -0.15) is 0 Å². The summed E-state index contributed by atoms with van der Waals surface area (Å²) in [6.45, 7) is 5.55. The van der Waals surface area contributed by atoms with E-state index in [1.54, 1.807) is 0 Å². The van der Waals surface area contributed by atoms with Crippen molar-refractivity contribution in [2.45, 2.75) is 44.8 Å². The van der Waals surface area contributed by atoms with Crippen LogP contribution in [0, 0.1) is 18.8 Å². The Bertz CT molecular complexity index is 144. The molecule has 0 aromatic heterocycles. The van der Waals surface area contributed by atoms with Crippen molar-refractivity contribution in [2.75, 3.05) is 13.2 Å². The predicted molar refractivity (Wildman–Crippen MR) is 55.7 cm³/mol. The van der Waals surface area contributed by atoms with E-state index in [9.17, 15) is 0 Å². The van der Waals surface area contributed by atoms with Crippen LogP contribution in [-0.2, 0) is 9.47 Å². The van der Waals surface area contributed by atoms with E-state index in [1.807, 2.05) is 0 Å².